The highest BCUT2D eigenvalue weighted by molar-refractivity contribution is 6.34. The minimum atomic E-state index is 0.0219. The van der Waals surface area contributed by atoms with E-state index < -0.39 is 0 Å². The Morgan fingerprint density at radius 2 is 1.74 bits per heavy atom. The number of rotatable bonds is 4. The summed E-state index contributed by atoms with van der Waals surface area (Å²) in [7, 11) is 1.90. The smallest absolute Gasteiger partial charge is 0.183 e. The fourth-order valence-electron chi connectivity index (χ4n) is 1.88. The van der Waals surface area contributed by atoms with Crippen LogP contribution >= 0.6 is 11.6 Å². The molecule has 0 aliphatic rings. The van der Waals surface area contributed by atoms with Crippen LogP contribution in [0.3, 0.4) is 0 Å². The fraction of sp³-hybridized carbons (Fsp3) is 0.188. The highest BCUT2D eigenvalue weighted by atomic mass is 35.5. The number of nitrogens with zero attached hydrogens (tertiary/aromatic N) is 1. The lowest BCUT2D eigenvalue weighted by Gasteiger charge is -2.18. The number of carbonyl (C=O) groups is 1. The van der Waals surface area contributed by atoms with Crippen LogP contribution in [-0.2, 0) is 0 Å². The summed E-state index contributed by atoms with van der Waals surface area (Å²) >= 11 is 6.03. The average molecular weight is 274 g/mol. The maximum Gasteiger partial charge on any atom is 0.183 e. The molecule has 0 atom stereocenters. The highest BCUT2D eigenvalue weighted by Gasteiger charge is 2.12. The first-order valence-electron chi connectivity index (χ1n) is 6.13. The maximum absolute atomic E-state index is 12.2. The summed E-state index contributed by atoms with van der Waals surface area (Å²) in [6.45, 7) is 2.35. The summed E-state index contributed by atoms with van der Waals surface area (Å²) in [5.74, 6) is 0.0219. The fourth-order valence-corrected chi connectivity index (χ4v) is 2.12. The van der Waals surface area contributed by atoms with Gasteiger partial charge in [-0.1, -0.05) is 41.4 Å². The maximum atomic E-state index is 12.2. The lowest BCUT2D eigenvalue weighted by atomic mass is 10.1. The molecule has 0 unspecified atom stereocenters. The van der Waals surface area contributed by atoms with E-state index in [0.717, 1.165) is 5.69 Å². The van der Waals surface area contributed by atoms with Crippen LogP contribution < -0.4 is 4.90 Å². The number of halogens is 1. The molecule has 0 saturated carbocycles. The number of ketones is 1. The molecule has 0 N–H and O–H groups in total. The second-order valence-corrected chi connectivity index (χ2v) is 5.00. The molecule has 0 bridgehead atoms. The molecular weight excluding hydrogens is 258 g/mol. The summed E-state index contributed by atoms with van der Waals surface area (Å²) in [5.41, 5.74) is 2.80. The number of benzene rings is 2. The first kappa shape index (κ1) is 13.6. The predicted molar refractivity (Wildman–Crippen MR) is 80.2 cm³/mol. The van der Waals surface area contributed by atoms with Crippen molar-refractivity contribution in [1.29, 1.82) is 0 Å². The van der Waals surface area contributed by atoms with Gasteiger partial charge < -0.3 is 4.90 Å². The minimum Gasteiger partial charge on any atom is -0.367 e. The second kappa shape index (κ2) is 5.89. The molecule has 0 heterocycles. The number of aryl methyl sites for hydroxylation is 1. The molecule has 0 saturated heterocycles. The number of anilines is 1. The third-order valence-corrected chi connectivity index (χ3v) is 3.36. The molecule has 98 valence electrons. The van der Waals surface area contributed by atoms with Gasteiger partial charge in [0, 0.05) is 18.3 Å². The molecular formula is C16H16ClNO. The van der Waals surface area contributed by atoms with E-state index in [1.165, 1.54) is 5.56 Å². The number of hydrogen-bond donors (Lipinski definition) is 0. The van der Waals surface area contributed by atoms with Gasteiger partial charge in [-0.2, -0.15) is 0 Å². The largest absolute Gasteiger partial charge is 0.367 e. The standard InChI is InChI=1S/C16H16ClNO/c1-12-7-9-13(10-8-12)18(2)11-16(19)14-5-3-4-6-15(14)17/h3-10H,11H2,1-2H3. The second-order valence-electron chi connectivity index (χ2n) is 4.59. The van der Waals surface area contributed by atoms with Gasteiger partial charge in [0.1, 0.15) is 0 Å². The van der Waals surface area contributed by atoms with E-state index in [2.05, 4.69) is 0 Å². The van der Waals surface area contributed by atoms with E-state index in [0.29, 0.717) is 17.1 Å². The molecule has 0 aromatic heterocycles. The summed E-state index contributed by atoms with van der Waals surface area (Å²) in [6.07, 6.45) is 0. The van der Waals surface area contributed by atoms with Gasteiger partial charge in [0.15, 0.2) is 5.78 Å². The van der Waals surface area contributed by atoms with Crippen LogP contribution in [0.1, 0.15) is 15.9 Å². The van der Waals surface area contributed by atoms with E-state index >= 15 is 0 Å². The average Bonchev–Trinajstić information content (AvgIpc) is 2.39. The van der Waals surface area contributed by atoms with Crippen molar-refractivity contribution in [2.24, 2.45) is 0 Å². The first-order chi connectivity index (χ1) is 9.08. The molecule has 0 fully saturated rings. The lowest BCUT2D eigenvalue weighted by molar-refractivity contribution is 0.100. The number of carbonyl (C=O) groups excluding carboxylic acids is 1. The molecule has 0 radical (unpaired) electrons. The monoisotopic (exact) mass is 273 g/mol. The zero-order valence-corrected chi connectivity index (χ0v) is 11.8. The Morgan fingerprint density at radius 1 is 1.11 bits per heavy atom. The van der Waals surface area contributed by atoms with Gasteiger partial charge >= 0.3 is 0 Å². The molecule has 2 rings (SSSR count). The van der Waals surface area contributed by atoms with Gasteiger partial charge in [-0.15, -0.1) is 0 Å². The molecule has 0 amide bonds. The van der Waals surface area contributed by atoms with Crippen LogP contribution in [0, 0.1) is 6.92 Å². The van der Waals surface area contributed by atoms with Crippen molar-refractivity contribution >= 4 is 23.1 Å². The number of Topliss-reactive ketones (excluding diaryl/α,β-unsaturated/α-hetero) is 1. The van der Waals surface area contributed by atoms with Gasteiger partial charge in [-0.05, 0) is 31.2 Å². The van der Waals surface area contributed by atoms with Gasteiger partial charge in [0.05, 0.1) is 11.6 Å². The van der Waals surface area contributed by atoms with Crippen molar-refractivity contribution < 1.29 is 4.79 Å². The van der Waals surface area contributed by atoms with Gasteiger partial charge in [0.2, 0.25) is 0 Å². The summed E-state index contributed by atoms with van der Waals surface area (Å²) in [6, 6.07) is 15.2. The Kier molecular flexibility index (Phi) is 4.23. The molecule has 0 spiro atoms. The van der Waals surface area contributed by atoms with E-state index in [1.54, 1.807) is 12.1 Å². The Hall–Kier alpha value is -1.80. The van der Waals surface area contributed by atoms with E-state index in [1.807, 2.05) is 55.3 Å². The van der Waals surface area contributed by atoms with Crippen molar-refractivity contribution in [3.05, 3.63) is 64.7 Å². The molecule has 2 aromatic rings. The molecule has 0 aliphatic heterocycles. The van der Waals surface area contributed by atoms with Crippen LogP contribution in [0.15, 0.2) is 48.5 Å². The van der Waals surface area contributed by atoms with Crippen molar-refractivity contribution in [2.75, 3.05) is 18.5 Å². The van der Waals surface area contributed by atoms with Gasteiger partial charge in [0.25, 0.3) is 0 Å². The third-order valence-electron chi connectivity index (χ3n) is 3.03. The van der Waals surface area contributed by atoms with Crippen molar-refractivity contribution in [2.45, 2.75) is 6.92 Å². The van der Waals surface area contributed by atoms with E-state index in [-0.39, 0.29) is 5.78 Å². The van der Waals surface area contributed by atoms with Crippen LogP contribution in [0.25, 0.3) is 0 Å². The number of likely N-dealkylation sites (N-methyl/N-ethyl adjacent to an activating group) is 1. The Bertz CT molecular complexity index is 578. The molecule has 2 aromatic carbocycles. The van der Waals surface area contributed by atoms with Crippen LogP contribution in [0.2, 0.25) is 5.02 Å². The van der Waals surface area contributed by atoms with Gasteiger partial charge in [-0.3, -0.25) is 4.79 Å². The third kappa shape index (κ3) is 3.36. The zero-order chi connectivity index (χ0) is 13.8. The van der Waals surface area contributed by atoms with Crippen LogP contribution in [-0.4, -0.2) is 19.4 Å². The molecule has 19 heavy (non-hydrogen) atoms. The SMILES string of the molecule is Cc1ccc(N(C)CC(=O)c2ccccc2Cl)cc1. The highest BCUT2D eigenvalue weighted by Crippen LogP contribution is 2.18. The summed E-state index contributed by atoms with van der Waals surface area (Å²) in [5, 5.41) is 0.504. The van der Waals surface area contributed by atoms with Crippen molar-refractivity contribution in [3.8, 4) is 0 Å². The van der Waals surface area contributed by atoms with Crippen molar-refractivity contribution in [1.82, 2.24) is 0 Å². The zero-order valence-electron chi connectivity index (χ0n) is 11.1. The van der Waals surface area contributed by atoms with Crippen LogP contribution in [0.5, 0.6) is 0 Å². The summed E-state index contributed by atoms with van der Waals surface area (Å²) in [4.78, 5) is 14.1. The number of hydrogen-bond acceptors (Lipinski definition) is 2. The normalized spacial score (nSPS) is 10.3. The quantitative estimate of drug-likeness (QED) is 0.786. The van der Waals surface area contributed by atoms with Crippen LogP contribution in [0.4, 0.5) is 5.69 Å². The van der Waals surface area contributed by atoms with Gasteiger partial charge in [-0.25, -0.2) is 0 Å². The molecule has 3 heteroatoms. The minimum absolute atomic E-state index is 0.0219. The lowest BCUT2D eigenvalue weighted by Crippen LogP contribution is -2.25. The predicted octanol–water partition coefficient (Wildman–Crippen LogP) is 3.97. The molecule has 2 nitrogen and oxygen atoms in total. The summed E-state index contributed by atoms with van der Waals surface area (Å²) < 4.78 is 0. The van der Waals surface area contributed by atoms with E-state index in [4.69, 9.17) is 11.6 Å². The Labute approximate surface area is 118 Å². The van der Waals surface area contributed by atoms with Crippen molar-refractivity contribution in [3.63, 3.8) is 0 Å². The first-order valence-corrected chi connectivity index (χ1v) is 6.51. The Morgan fingerprint density at radius 3 is 2.37 bits per heavy atom. The Balaban J connectivity index is 2.11. The topological polar surface area (TPSA) is 20.3 Å². The van der Waals surface area contributed by atoms with E-state index in [9.17, 15) is 4.79 Å². The molecule has 0 aliphatic carbocycles.